The molecule has 0 saturated heterocycles. The molecule has 2 aliphatic rings. The summed E-state index contributed by atoms with van der Waals surface area (Å²) in [5, 5.41) is 20.2. The standard InChI is InChI=1S/C24H22N4O3/c1-29-16-6-4-14(5-7-16)22-18(12-25)23-17-11-21(31-3)20(30-2)10-15(17)8-9-28(23)24(27)19(22)13-26/h4-7,10-11,22H,8-9,27H2,1-3H3/t22-/m1/s1. The Morgan fingerprint density at radius 1 is 0.935 bits per heavy atom. The summed E-state index contributed by atoms with van der Waals surface area (Å²) < 4.78 is 16.2. The lowest BCUT2D eigenvalue weighted by atomic mass is 9.78. The van der Waals surface area contributed by atoms with E-state index in [1.807, 2.05) is 41.3 Å². The Balaban J connectivity index is 1.98. The van der Waals surface area contributed by atoms with Crippen LogP contribution >= 0.6 is 0 Å². The SMILES string of the molecule is COc1ccc([C@H]2C(C#N)=C(N)N3CCc4cc(OC)c(OC)cc4C3=C2C#N)cc1. The van der Waals surface area contributed by atoms with Gasteiger partial charge in [0.05, 0.1) is 56.2 Å². The van der Waals surface area contributed by atoms with Crippen molar-refractivity contribution in [3.63, 3.8) is 0 Å². The summed E-state index contributed by atoms with van der Waals surface area (Å²) >= 11 is 0. The third-order valence-corrected chi connectivity index (χ3v) is 5.83. The molecule has 0 unspecified atom stereocenters. The van der Waals surface area contributed by atoms with Crippen molar-refractivity contribution >= 4 is 5.70 Å². The van der Waals surface area contributed by atoms with E-state index in [0.717, 1.165) is 16.7 Å². The molecule has 0 aromatic heterocycles. The van der Waals surface area contributed by atoms with E-state index < -0.39 is 5.92 Å². The van der Waals surface area contributed by atoms with Gasteiger partial charge in [0.25, 0.3) is 0 Å². The zero-order valence-electron chi connectivity index (χ0n) is 17.6. The summed E-state index contributed by atoms with van der Waals surface area (Å²) in [6.07, 6.45) is 0.699. The number of fused-ring (bicyclic) bond motifs is 3. The van der Waals surface area contributed by atoms with E-state index in [0.29, 0.717) is 52.9 Å². The molecular weight excluding hydrogens is 392 g/mol. The molecule has 0 bridgehead atoms. The first kappa shape index (κ1) is 20.2. The highest BCUT2D eigenvalue weighted by molar-refractivity contribution is 5.81. The highest BCUT2D eigenvalue weighted by Crippen LogP contribution is 2.47. The maximum absolute atomic E-state index is 10.2. The van der Waals surface area contributed by atoms with E-state index in [1.165, 1.54) is 0 Å². The van der Waals surface area contributed by atoms with Gasteiger partial charge in [-0.2, -0.15) is 10.5 Å². The first-order valence-electron chi connectivity index (χ1n) is 9.78. The lowest BCUT2D eigenvalue weighted by Crippen LogP contribution is -2.38. The topological polar surface area (TPSA) is 105 Å². The number of nitriles is 2. The van der Waals surface area contributed by atoms with Crippen LogP contribution in [0.2, 0.25) is 0 Å². The van der Waals surface area contributed by atoms with Gasteiger partial charge < -0.3 is 24.8 Å². The molecule has 2 N–H and O–H groups in total. The van der Waals surface area contributed by atoms with E-state index in [-0.39, 0.29) is 0 Å². The highest BCUT2D eigenvalue weighted by Gasteiger charge is 2.38. The van der Waals surface area contributed by atoms with Gasteiger partial charge in [-0.3, -0.25) is 0 Å². The van der Waals surface area contributed by atoms with Gasteiger partial charge in [0.2, 0.25) is 0 Å². The number of nitrogens with zero attached hydrogens (tertiary/aromatic N) is 3. The van der Waals surface area contributed by atoms with Crippen molar-refractivity contribution in [1.29, 1.82) is 10.5 Å². The van der Waals surface area contributed by atoms with E-state index in [2.05, 4.69) is 12.1 Å². The minimum atomic E-state index is -0.564. The second kappa shape index (κ2) is 7.97. The number of hydrogen-bond donors (Lipinski definition) is 1. The predicted octanol–water partition coefficient (Wildman–Crippen LogP) is 3.30. The Kier molecular flexibility index (Phi) is 5.19. The molecule has 0 spiro atoms. The van der Waals surface area contributed by atoms with E-state index >= 15 is 0 Å². The molecule has 0 aliphatic carbocycles. The molecule has 0 fully saturated rings. The summed E-state index contributed by atoms with van der Waals surface area (Å²) in [6, 6.07) is 15.8. The van der Waals surface area contributed by atoms with Gasteiger partial charge in [0.15, 0.2) is 11.5 Å². The molecule has 156 valence electrons. The average molecular weight is 414 g/mol. The number of allylic oxidation sites excluding steroid dienone is 2. The molecular formula is C24H22N4O3. The summed E-state index contributed by atoms with van der Waals surface area (Å²) in [5.41, 5.74) is 10.7. The largest absolute Gasteiger partial charge is 0.497 e. The van der Waals surface area contributed by atoms with Crippen LogP contribution in [0.1, 0.15) is 22.6 Å². The van der Waals surface area contributed by atoms with E-state index in [4.69, 9.17) is 19.9 Å². The Labute approximate surface area is 181 Å². The predicted molar refractivity (Wildman–Crippen MR) is 115 cm³/mol. The van der Waals surface area contributed by atoms with Crippen LogP contribution in [0.15, 0.2) is 53.4 Å². The van der Waals surface area contributed by atoms with Gasteiger partial charge >= 0.3 is 0 Å². The second-order valence-electron chi connectivity index (χ2n) is 7.26. The van der Waals surface area contributed by atoms with Gasteiger partial charge in [0.1, 0.15) is 11.6 Å². The lowest BCUT2D eigenvalue weighted by molar-refractivity contribution is 0.353. The van der Waals surface area contributed by atoms with Crippen molar-refractivity contribution in [3.8, 4) is 29.4 Å². The molecule has 0 radical (unpaired) electrons. The molecule has 2 aliphatic heterocycles. The smallest absolute Gasteiger partial charge is 0.161 e. The summed E-state index contributed by atoms with van der Waals surface area (Å²) in [5.74, 6) is 1.71. The minimum absolute atomic E-state index is 0.370. The Morgan fingerprint density at radius 2 is 1.58 bits per heavy atom. The van der Waals surface area contributed by atoms with Crippen molar-refractivity contribution < 1.29 is 14.2 Å². The number of benzene rings is 2. The van der Waals surface area contributed by atoms with Gasteiger partial charge in [-0.15, -0.1) is 0 Å². The van der Waals surface area contributed by atoms with Crippen molar-refractivity contribution in [1.82, 2.24) is 4.90 Å². The number of rotatable bonds is 4. The fourth-order valence-corrected chi connectivity index (χ4v) is 4.31. The van der Waals surface area contributed by atoms with Crippen LogP contribution in [0.5, 0.6) is 17.2 Å². The van der Waals surface area contributed by atoms with Crippen LogP contribution in [0, 0.1) is 22.7 Å². The molecule has 1 atom stereocenters. The fourth-order valence-electron chi connectivity index (χ4n) is 4.31. The molecule has 31 heavy (non-hydrogen) atoms. The Morgan fingerprint density at radius 3 is 2.16 bits per heavy atom. The average Bonchev–Trinajstić information content (AvgIpc) is 2.82. The molecule has 2 aromatic rings. The Hall–Kier alpha value is -4.10. The van der Waals surface area contributed by atoms with Crippen LogP contribution in [-0.2, 0) is 6.42 Å². The van der Waals surface area contributed by atoms with Crippen molar-refractivity contribution in [2.24, 2.45) is 5.73 Å². The van der Waals surface area contributed by atoms with Crippen molar-refractivity contribution in [2.75, 3.05) is 27.9 Å². The zero-order valence-corrected chi connectivity index (χ0v) is 17.6. The lowest BCUT2D eigenvalue weighted by Gasteiger charge is -2.40. The van der Waals surface area contributed by atoms with Gasteiger partial charge in [0, 0.05) is 12.1 Å². The maximum Gasteiger partial charge on any atom is 0.161 e. The van der Waals surface area contributed by atoms with E-state index in [1.54, 1.807) is 21.3 Å². The maximum atomic E-state index is 10.2. The molecule has 2 aromatic carbocycles. The normalized spacial score (nSPS) is 17.3. The molecule has 7 nitrogen and oxygen atoms in total. The number of methoxy groups -OCH3 is 3. The zero-order chi connectivity index (χ0) is 22.1. The third-order valence-electron chi connectivity index (χ3n) is 5.83. The quantitative estimate of drug-likeness (QED) is 0.818. The summed E-state index contributed by atoms with van der Waals surface area (Å²) in [4.78, 5) is 1.87. The van der Waals surface area contributed by atoms with Gasteiger partial charge in [-0.1, -0.05) is 12.1 Å². The van der Waals surface area contributed by atoms with Gasteiger partial charge in [-0.05, 0) is 41.8 Å². The van der Waals surface area contributed by atoms with Crippen LogP contribution in [0.25, 0.3) is 5.70 Å². The van der Waals surface area contributed by atoms with Crippen LogP contribution in [0.4, 0.5) is 0 Å². The third kappa shape index (κ3) is 3.12. The first-order valence-corrected chi connectivity index (χ1v) is 9.78. The van der Waals surface area contributed by atoms with Crippen LogP contribution in [0.3, 0.4) is 0 Å². The molecule has 2 heterocycles. The molecule has 4 rings (SSSR count). The van der Waals surface area contributed by atoms with Gasteiger partial charge in [-0.25, -0.2) is 0 Å². The monoisotopic (exact) mass is 414 g/mol. The summed E-state index contributed by atoms with van der Waals surface area (Å²) in [7, 11) is 4.77. The fraction of sp³-hybridized carbons (Fsp3) is 0.250. The second-order valence-corrected chi connectivity index (χ2v) is 7.26. The first-order chi connectivity index (χ1) is 15.1. The highest BCUT2D eigenvalue weighted by atomic mass is 16.5. The van der Waals surface area contributed by atoms with Crippen LogP contribution < -0.4 is 19.9 Å². The van der Waals surface area contributed by atoms with E-state index in [9.17, 15) is 10.5 Å². The minimum Gasteiger partial charge on any atom is -0.497 e. The number of ether oxygens (including phenoxy) is 3. The van der Waals surface area contributed by atoms with Crippen molar-refractivity contribution in [2.45, 2.75) is 12.3 Å². The molecule has 0 amide bonds. The molecule has 0 saturated carbocycles. The summed E-state index contributed by atoms with van der Waals surface area (Å²) in [6.45, 7) is 0.565. The molecule has 7 heteroatoms. The van der Waals surface area contributed by atoms with Crippen molar-refractivity contribution in [3.05, 3.63) is 70.1 Å². The number of hydrogen-bond acceptors (Lipinski definition) is 7. The van der Waals surface area contributed by atoms with Crippen LogP contribution in [-0.4, -0.2) is 32.8 Å². The number of nitrogens with two attached hydrogens (primary N) is 1. The Bertz CT molecular complexity index is 1180.